The number of fused-ring (bicyclic) bond motifs is 1. The summed E-state index contributed by atoms with van der Waals surface area (Å²) in [7, 11) is -3.91. The lowest BCUT2D eigenvalue weighted by atomic mass is 10.0. The maximum Gasteiger partial charge on any atom is 0.241 e. The molecule has 0 saturated carbocycles. The Kier molecular flexibility index (Phi) is 6.53. The number of hydrogen-bond acceptors (Lipinski definition) is 3. The maximum atomic E-state index is 13.1. The lowest BCUT2D eigenvalue weighted by Crippen LogP contribution is -2.50. The molecule has 3 aromatic carbocycles. The van der Waals surface area contributed by atoms with Crippen LogP contribution in [0.3, 0.4) is 0 Å². The number of halogens is 1. The molecule has 0 fully saturated rings. The highest BCUT2D eigenvalue weighted by Crippen LogP contribution is 2.20. The quantitative estimate of drug-likeness (QED) is 0.593. The second-order valence-corrected chi connectivity index (χ2v) is 9.35. The van der Waals surface area contributed by atoms with Crippen molar-refractivity contribution in [3.63, 3.8) is 0 Å². The molecule has 2 unspecified atom stereocenters. The fraction of sp³-hybridized carbons (Fsp3) is 0.261. The second kappa shape index (κ2) is 8.93. The van der Waals surface area contributed by atoms with Crippen molar-refractivity contribution in [2.45, 2.75) is 37.8 Å². The number of hydrogen-bond donors (Lipinski definition) is 2. The van der Waals surface area contributed by atoms with Crippen molar-refractivity contribution in [2.75, 3.05) is 0 Å². The van der Waals surface area contributed by atoms with E-state index in [-0.39, 0.29) is 16.6 Å². The predicted octanol–water partition coefficient (Wildman–Crippen LogP) is 4.16. The third-order valence-electron chi connectivity index (χ3n) is 4.99. The number of sulfonamides is 1. The predicted molar refractivity (Wildman–Crippen MR) is 116 cm³/mol. The van der Waals surface area contributed by atoms with Crippen LogP contribution in [-0.2, 0) is 14.8 Å². The summed E-state index contributed by atoms with van der Waals surface area (Å²) in [4.78, 5) is 12.9. The molecular weight excluding hydrogens is 403 g/mol. The summed E-state index contributed by atoms with van der Waals surface area (Å²) >= 11 is 0. The molecule has 3 aromatic rings. The molecule has 0 aromatic heterocycles. The summed E-state index contributed by atoms with van der Waals surface area (Å²) in [5.41, 5.74) is 0.727. The number of amides is 1. The van der Waals surface area contributed by atoms with E-state index >= 15 is 0 Å². The Morgan fingerprint density at radius 3 is 2.17 bits per heavy atom. The van der Waals surface area contributed by atoms with Crippen LogP contribution < -0.4 is 10.0 Å². The van der Waals surface area contributed by atoms with Crippen molar-refractivity contribution in [3.8, 4) is 0 Å². The van der Waals surface area contributed by atoms with Crippen molar-refractivity contribution < 1.29 is 17.6 Å². The summed E-state index contributed by atoms with van der Waals surface area (Å²) in [5, 5.41) is 4.55. The van der Waals surface area contributed by atoms with Crippen molar-refractivity contribution in [3.05, 3.63) is 78.1 Å². The van der Waals surface area contributed by atoms with Gasteiger partial charge in [0.05, 0.1) is 10.9 Å². The van der Waals surface area contributed by atoms with Gasteiger partial charge in [0, 0.05) is 0 Å². The lowest BCUT2D eigenvalue weighted by Gasteiger charge is -2.24. The topological polar surface area (TPSA) is 75.3 Å². The zero-order chi connectivity index (χ0) is 21.9. The first-order valence-corrected chi connectivity index (χ1v) is 11.2. The van der Waals surface area contributed by atoms with E-state index < -0.39 is 28.0 Å². The summed E-state index contributed by atoms with van der Waals surface area (Å²) in [6, 6.07) is 16.8. The molecule has 3 rings (SSSR count). The first kappa shape index (κ1) is 21.9. The zero-order valence-corrected chi connectivity index (χ0v) is 17.9. The molecular formula is C23H25FN2O3S. The van der Waals surface area contributed by atoms with Crippen LogP contribution in [0.2, 0.25) is 0 Å². The third kappa shape index (κ3) is 5.04. The molecule has 2 atom stereocenters. The average molecular weight is 429 g/mol. The van der Waals surface area contributed by atoms with Gasteiger partial charge in [-0.1, -0.05) is 56.3 Å². The first-order chi connectivity index (χ1) is 14.2. The number of rotatable bonds is 7. The van der Waals surface area contributed by atoms with Crippen LogP contribution in [0.1, 0.15) is 32.4 Å². The molecule has 1 amide bonds. The van der Waals surface area contributed by atoms with Gasteiger partial charge in [-0.25, -0.2) is 12.8 Å². The molecule has 0 bridgehead atoms. The fourth-order valence-corrected chi connectivity index (χ4v) is 4.58. The van der Waals surface area contributed by atoms with Crippen LogP contribution in [0.4, 0.5) is 4.39 Å². The smallest absolute Gasteiger partial charge is 0.241 e. The fourth-order valence-electron chi connectivity index (χ4n) is 3.20. The number of carbonyl (C=O) groups excluding carboxylic acids is 1. The third-order valence-corrected chi connectivity index (χ3v) is 6.43. The summed E-state index contributed by atoms with van der Waals surface area (Å²) in [5.74, 6) is -1.08. The summed E-state index contributed by atoms with van der Waals surface area (Å²) in [6.07, 6.45) is 0. The van der Waals surface area contributed by atoms with Gasteiger partial charge in [0.25, 0.3) is 0 Å². The Bertz CT molecular complexity index is 1140. The number of nitrogens with one attached hydrogen (secondary N) is 2. The minimum Gasteiger partial charge on any atom is -0.348 e. The average Bonchev–Trinajstić information content (AvgIpc) is 2.71. The molecule has 0 heterocycles. The van der Waals surface area contributed by atoms with E-state index in [9.17, 15) is 17.6 Å². The van der Waals surface area contributed by atoms with Crippen molar-refractivity contribution in [1.82, 2.24) is 10.0 Å². The molecule has 2 N–H and O–H groups in total. The monoisotopic (exact) mass is 428 g/mol. The molecule has 5 nitrogen and oxygen atoms in total. The van der Waals surface area contributed by atoms with Gasteiger partial charge in [-0.05, 0) is 53.4 Å². The first-order valence-electron chi connectivity index (χ1n) is 9.74. The molecule has 0 aliphatic heterocycles. The Morgan fingerprint density at radius 2 is 1.53 bits per heavy atom. The highest BCUT2D eigenvalue weighted by molar-refractivity contribution is 7.89. The van der Waals surface area contributed by atoms with Gasteiger partial charge in [-0.15, -0.1) is 0 Å². The Balaban J connectivity index is 1.79. The second-order valence-electron chi connectivity index (χ2n) is 7.63. The zero-order valence-electron chi connectivity index (χ0n) is 17.1. The van der Waals surface area contributed by atoms with E-state index in [0.717, 1.165) is 16.3 Å². The van der Waals surface area contributed by atoms with Crippen LogP contribution in [0.5, 0.6) is 0 Å². The van der Waals surface area contributed by atoms with Gasteiger partial charge in [0.1, 0.15) is 11.9 Å². The van der Waals surface area contributed by atoms with E-state index in [1.54, 1.807) is 45.0 Å². The van der Waals surface area contributed by atoms with Gasteiger partial charge in [-0.2, -0.15) is 4.72 Å². The van der Waals surface area contributed by atoms with E-state index in [2.05, 4.69) is 10.0 Å². The molecule has 0 aliphatic rings. The van der Waals surface area contributed by atoms with Gasteiger partial charge in [-0.3, -0.25) is 4.79 Å². The molecule has 0 saturated heterocycles. The SMILES string of the molecule is CC(NC(=O)C(NS(=O)(=O)c1ccc2ccccc2c1)C(C)C)c1ccc(F)cc1. The summed E-state index contributed by atoms with van der Waals surface area (Å²) < 4.78 is 41.6. The van der Waals surface area contributed by atoms with E-state index in [0.29, 0.717) is 0 Å². The van der Waals surface area contributed by atoms with E-state index in [1.165, 1.54) is 18.2 Å². The maximum absolute atomic E-state index is 13.1. The van der Waals surface area contributed by atoms with Crippen LogP contribution in [0.25, 0.3) is 10.8 Å². The van der Waals surface area contributed by atoms with Crippen LogP contribution in [0, 0.1) is 11.7 Å². The Morgan fingerprint density at radius 1 is 0.900 bits per heavy atom. The molecule has 30 heavy (non-hydrogen) atoms. The minimum absolute atomic E-state index is 0.103. The molecule has 0 radical (unpaired) electrons. The highest BCUT2D eigenvalue weighted by Gasteiger charge is 2.29. The van der Waals surface area contributed by atoms with Crippen molar-refractivity contribution in [2.24, 2.45) is 5.92 Å². The number of carbonyl (C=O) groups is 1. The minimum atomic E-state index is -3.91. The van der Waals surface area contributed by atoms with Gasteiger partial charge in [0.15, 0.2) is 0 Å². The molecule has 7 heteroatoms. The van der Waals surface area contributed by atoms with Crippen LogP contribution in [0.15, 0.2) is 71.6 Å². The molecule has 0 spiro atoms. The lowest BCUT2D eigenvalue weighted by molar-refractivity contribution is -0.124. The van der Waals surface area contributed by atoms with Gasteiger partial charge >= 0.3 is 0 Å². The van der Waals surface area contributed by atoms with E-state index in [1.807, 2.05) is 24.3 Å². The number of benzene rings is 3. The largest absolute Gasteiger partial charge is 0.348 e. The van der Waals surface area contributed by atoms with Crippen molar-refractivity contribution in [1.29, 1.82) is 0 Å². The summed E-state index contributed by atoms with van der Waals surface area (Å²) in [6.45, 7) is 5.31. The van der Waals surface area contributed by atoms with E-state index in [4.69, 9.17) is 0 Å². The molecule has 158 valence electrons. The molecule has 0 aliphatic carbocycles. The van der Waals surface area contributed by atoms with Gasteiger partial charge in [0.2, 0.25) is 15.9 Å². The normalized spacial score (nSPS) is 13.9. The van der Waals surface area contributed by atoms with Crippen LogP contribution in [-0.4, -0.2) is 20.4 Å². The standard InChI is InChI=1S/C23H25FN2O3S/c1-15(2)22(23(27)25-16(3)17-8-11-20(24)12-9-17)26-30(28,29)21-13-10-18-6-4-5-7-19(18)14-21/h4-16,22,26H,1-3H3,(H,25,27). The van der Waals surface area contributed by atoms with Gasteiger partial charge < -0.3 is 5.32 Å². The highest BCUT2D eigenvalue weighted by atomic mass is 32.2. The Labute approximate surface area is 176 Å². The Hall–Kier alpha value is -2.77. The van der Waals surface area contributed by atoms with Crippen LogP contribution >= 0.6 is 0 Å². The van der Waals surface area contributed by atoms with Crippen molar-refractivity contribution >= 4 is 26.7 Å².